The predicted octanol–water partition coefficient (Wildman–Crippen LogP) is 1.76. The third kappa shape index (κ3) is 0.894. The van der Waals surface area contributed by atoms with Gasteiger partial charge in [0, 0.05) is 11.9 Å². The maximum Gasteiger partial charge on any atom is 0.341 e. The Labute approximate surface area is 80.4 Å². The van der Waals surface area contributed by atoms with Crippen molar-refractivity contribution in [2.24, 2.45) is 0 Å². The normalized spacial score (nSPS) is 14.0. The molecule has 3 nitrogen and oxygen atoms in total. The molecule has 0 aliphatic carbocycles. The number of hydrogen-bond acceptors (Lipinski definition) is 3. The Morgan fingerprint density at radius 1 is 1.29 bits per heavy atom. The van der Waals surface area contributed by atoms with E-state index in [0.29, 0.717) is 5.58 Å². The topological polar surface area (TPSA) is 42.2 Å². The van der Waals surface area contributed by atoms with E-state index in [9.17, 15) is 4.79 Å². The molecular weight excluding hydrogens is 178 g/mol. The summed E-state index contributed by atoms with van der Waals surface area (Å²) in [7, 11) is 0. The van der Waals surface area contributed by atoms with Crippen LogP contribution in [0.3, 0.4) is 0 Å². The van der Waals surface area contributed by atoms with Crippen LogP contribution in [0.15, 0.2) is 33.5 Å². The third-order valence-corrected chi connectivity index (χ3v) is 2.58. The number of hydrogen-bond donors (Lipinski definition) is 1. The Hall–Kier alpha value is -1.77. The highest BCUT2D eigenvalue weighted by atomic mass is 16.4. The lowest BCUT2D eigenvalue weighted by Crippen LogP contribution is -2.04. The standard InChI is InChI=1S/C11H9NO2/c13-11-8-5-6-12-10(8)7-3-1-2-4-9(7)14-11/h1-4,12H,5-6H2. The Kier molecular flexibility index (Phi) is 1.42. The van der Waals surface area contributed by atoms with Gasteiger partial charge in [0.2, 0.25) is 0 Å². The van der Waals surface area contributed by atoms with E-state index in [1.165, 1.54) is 0 Å². The molecule has 3 heteroatoms. The van der Waals surface area contributed by atoms with Crippen LogP contribution in [0.5, 0.6) is 0 Å². The van der Waals surface area contributed by atoms with Gasteiger partial charge >= 0.3 is 5.63 Å². The van der Waals surface area contributed by atoms with Crippen molar-refractivity contribution in [3.63, 3.8) is 0 Å². The molecule has 0 unspecified atom stereocenters. The summed E-state index contributed by atoms with van der Waals surface area (Å²) >= 11 is 0. The van der Waals surface area contributed by atoms with Crippen LogP contribution in [-0.2, 0) is 6.42 Å². The first kappa shape index (κ1) is 7.62. The molecule has 70 valence electrons. The quantitative estimate of drug-likeness (QED) is 0.639. The molecule has 0 spiro atoms. The Balaban J connectivity index is 2.52. The highest BCUT2D eigenvalue weighted by Crippen LogP contribution is 2.28. The zero-order valence-electron chi connectivity index (χ0n) is 7.54. The summed E-state index contributed by atoms with van der Waals surface area (Å²) in [5.74, 6) is 0. The molecule has 0 atom stereocenters. The largest absolute Gasteiger partial charge is 0.422 e. The van der Waals surface area contributed by atoms with Crippen molar-refractivity contribution >= 4 is 16.7 Å². The van der Waals surface area contributed by atoms with Gasteiger partial charge in [-0.15, -0.1) is 0 Å². The van der Waals surface area contributed by atoms with Crippen molar-refractivity contribution in [3.05, 3.63) is 40.2 Å². The van der Waals surface area contributed by atoms with E-state index in [1.54, 1.807) is 0 Å². The van der Waals surface area contributed by atoms with Crippen molar-refractivity contribution in [1.82, 2.24) is 0 Å². The van der Waals surface area contributed by atoms with Gasteiger partial charge in [-0.2, -0.15) is 0 Å². The molecule has 1 N–H and O–H groups in total. The van der Waals surface area contributed by atoms with Gasteiger partial charge in [0.05, 0.1) is 11.3 Å². The Bertz CT molecular complexity index is 557. The number of anilines is 1. The van der Waals surface area contributed by atoms with E-state index in [2.05, 4.69) is 5.32 Å². The molecule has 0 fully saturated rings. The zero-order chi connectivity index (χ0) is 9.54. The van der Waals surface area contributed by atoms with E-state index >= 15 is 0 Å². The lowest BCUT2D eigenvalue weighted by atomic mass is 10.1. The number of para-hydroxylation sites is 1. The molecule has 1 aromatic carbocycles. The highest BCUT2D eigenvalue weighted by Gasteiger charge is 2.18. The molecular formula is C11H9NO2. The molecule has 2 aromatic rings. The van der Waals surface area contributed by atoms with Crippen molar-refractivity contribution in [1.29, 1.82) is 0 Å². The molecule has 0 bridgehead atoms. The summed E-state index contributed by atoms with van der Waals surface area (Å²) < 4.78 is 5.21. The molecule has 0 saturated heterocycles. The van der Waals surface area contributed by atoms with E-state index in [-0.39, 0.29) is 5.63 Å². The molecule has 0 saturated carbocycles. The smallest absolute Gasteiger partial charge is 0.341 e. The van der Waals surface area contributed by atoms with Crippen molar-refractivity contribution in [2.45, 2.75) is 6.42 Å². The highest BCUT2D eigenvalue weighted by molar-refractivity contribution is 5.92. The number of nitrogens with one attached hydrogen (secondary N) is 1. The fourth-order valence-corrected chi connectivity index (χ4v) is 1.93. The molecule has 1 aromatic heterocycles. The average Bonchev–Trinajstić information content (AvgIpc) is 2.67. The second-order valence-electron chi connectivity index (χ2n) is 3.42. The van der Waals surface area contributed by atoms with Crippen LogP contribution in [0.1, 0.15) is 5.56 Å². The minimum absolute atomic E-state index is 0.205. The third-order valence-electron chi connectivity index (χ3n) is 2.58. The first-order chi connectivity index (χ1) is 6.86. The summed E-state index contributed by atoms with van der Waals surface area (Å²) in [5, 5.41) is 4.22. The summed E-state index contributed by atoms with van der Waals surface area (Å²) in [4.78, 5) is 11.5. The average molecular weight is 187 g/mol. The van der Waals surface area contributed by atoms with Gasteiger partial charge in [0.15, 0.2) is 0 Å². The summed E-state index contributed by atoms with van der Waals surface area (Å²) in [5.41, 5.74) is 2.19. The maximum atomic E-state index is 11.5. The van der Waals surface area contributed by atoms with Crippen LogP contribution in [-0.4, -0.2) is 6.54 Å². The van der Waals surface area contributed by atoms with Gasteiger partial charge < -0.3 is 9.73 Å². The van der Waals surface area contributed by atoms with Gasteiger partial charge in [-0.05, 0) is 18.6 Å². The minimum atomic E-state index is -0.205. The van der Waals surface area contributed by atoms with Gasteiger partial charge in [0.1, 0.15) is 5.58 Å². The molecule has 14 heavy (non-hydrogen) atoms. The van der Waals surface area contributed by atoms with Crippen LogP contribution in [0.25, 0.3) is 11.0 Å². The second kappa shape index (κ2) is 2.61. The van der Waals surface area contributed by atoms with E-state index < -0.39 is 0 Å². The van der Waals surface area contributed by atoms with Crippen LogP contribution >= 0.6 is 0 Å². The predicted molar refractivity (Wildman–Crippen MR) is 54.7 cm³/mol. The van der Waals surface area contributed by atoms with Gasteiger partial charge in [0.25, 0.3) is 0 Å². The number of fused-ring (bicyclic) bond motifs is 3. The molecule has 2 heterocycles. The minimum Gasteiger partial charge on any atom is -0.422 e. The zero-order valence-corrected chi connectivity index (χ0v) is 7.54. The monoisotopic (exact) mass is 187 g/mol. The molecule has 1 aliphatic heterocycles. The van der Waals surface area contributed by atoms with Crippen LogP contribution in [0.4, 0.5) is 5.69 Å². The Morgan fingerprint density at radius 2 is 2.14 bits per heavy atom. The number of rotatable bonds is 0. The molecule has 0 amide bonds. The van der Waals surface area contributed by atoms with Crippen LogP contribution in [0, 0.1) is 0 Å². The summed E-state index contributed by atoms with van der Waals surface area (Å²) in [6.45, 7) is 0.827. The maximum absolute atomic E-state index is 11.5. The van der Waals surface area contributed by atoms with E-state index in [0.717, 1.165) is 29.6 Å². The fourth-order valence-electron chi connectivity index (χ4n) is 1.93. The lowest BCUT2D eigenvalue weighted by molar-refractivity contribution is 0.554. The van der Waals surface area contributed by atoms with Crippen molar-refractivity contribution in [2.75, 3.05) is 11.9 Å². The first-order valence-corrected chi connectivity index (χ1v) is 4.65. The van der Waals surface area contributed by atoms with Crippen molar-refractivity contribution in [3.8, 4) is 0 Å². The molecule has 0 radical (unpaired) electrons. The summed E-state index contributed by atoms with van der Waals surface area (Å²) in [6, 6.07) is 7.60. The van der Waals surface area contributed by atoms with E-state index in [4.69, 9.17) is 4.42 Å². The van der Waals surface area contributed by atoms with Crippen LogP contribution in [0.2, 0.25) is 0 Å². The SMILES string of the molecule is O=c1oc2ccccc2c2c1CCN2. The van der Waals surface area contributed by atoms with Gasteiger partial charge in [-0.3, -0.25) is 0 Å². The summed E-state index contributed by atoms with van der Waals surface area (Å²) in [6.07, 6.45) is 0.766. The Morgan fingerprint density at radius 3 is 3.07 bits per heavy atom. The first-order valence-electron chi connectivity index (χ1n) is 4.65. The van der Waals surface area contributed by atoms with Crippen molar-refractivity contribution < 1.29 is 4.42 Å². The fraction of sp³-hybridized carbons (Fsp3) is 0.182. The van der Waals surface area contributed by atoms with Gasteiger partial charge in [-0.25, -0.2) is 4.79 Å². The second-order valence-corrected chi connectivity index (χ2v) is 3.42. The number of benzene rings is 1. The molecule has 1 aliphatic rings. The van der Waals surface area contributed by atoms with Gasteiger partial charge in [-0.1, -0.05) is 12.1 Å². The van der Waals surface area contributed by atoms with E-state index in [1.807, 2.05) is 24.3 Å². The van der Waals surface area contributed by atoms with Crippen LogP contribution < -0.4 is 10.9 Å². The molecule has 3 rings (SSSR count). The lowest BCUT2D eigenvalue weighted by Gasteiger charge is -2.02.